The summed E-state index contributed by atoms with van der Waals surface area (Å²) in [6.07, 6.45) is 0.774. The second kappa shape index (κ2) is 8.22. The Morgan fingerprint density at radius 2 is 2.32 bits per heavy atom. The van der Waals surface area contributed by atoms with Crippen LogP contribution in [0.4, 0.5) is 0 Å². The van der Waals surface area contributed by atoms with E-state index < -0.39 is 0 Å². The van der Waals surface area contributed by atoms with Crippen molar-refractivity contribution in [2.45, 2.75) is 6.42 Å². The summed E-state index contributed by atoms with van der Waals surface area (Å²) in [7, 11) is 3.45. The quantitative estimate of drug-likeness (QED) is 0.846. The standard InChI is InChI=1S/C16H25N3O3/c1-18(2)16(21)15-5-3-4-14(17-15)10-13-11-19(6-8-20)7-9-22-12-13/h3-5,13,20H,6-12H2,1-2H3/t13-/m0/s1. The molecule has 22 heavy (non-hydrogen) atoms. The fraction of sp³-hybridized carbons (Fsp3) is 0.625. The number of β-amino-alcohol motifs (C(OH)–C–C–N with tert-alkyl or cyclic N) is 1. The number of hydrogen-bond acceptors (Lipinski definition) is 5. The third-order valence-electron chi connectivity index (χ3n) is 3.77. The summed E-state index contributed by atoms with van der Waals surface area (Å²) < 4.78 is 5.65. The maximum Gasteiger partial charge on any atom is 0.271 e. The SMILES string of the molecule is CN(C)C(=O)c1cccc(C[C@@H]2COCCN(CCO)C2)n1. The lowest BCUT2D eigenvalue weighted by Crippen LogP contribution is -2.33. The van der Waals surface area contributed by atoms with Crippen molar-refractivity contribution in [3.8, 4) is 0 Å². The van der Waals surface area contributed by atoms with E-state index >= 15 is 0 Å². The van der Waals surface area contributed by atoms with Gasteiger partial charge in [-0.25, -0.2) is 4.98 Å². The minimum atomic E-state index is -0.0825. The first-order valence-electron chi connectivity index (χ1n) is 7.68. The van der Waals surface area contributed by atoms with E-state index in [1.165, 1.54) is 4.90 Å². The van der Waals surface area contributed by atoms with Gasteiger partial charge in [-0.05, 0) is 18.6 Å². The Kier molecular flexibility index (Phi) is 6.30. The van der Waals surface area contributed by atoms with Crippen LogP contribution in [0.3, 0.4) is 0 Å². The molecule has 1 aliphatic rings. The van der Waals surface area contributed by atoms with Crippen molar-refractivity contribution in [1.82, 2.24) is 14.8 Å². The van der Waals surface area contributed by atoms with Gasteiger partial charge in [0.2, 0.25) is 0 Å². The average Bonchev–Trinajstić information content (AvgIpc) is 2.72. The zero-order chi connectivity index (χ0) is 15.9. The summed E-state index contributed by atoms with van der Waals surface area (Å²) in [5.41, 5.74) is 1.39. The van der Waals surface area contributed by atoms with Crippen LogP contribution in [0.15, 0.2) is 18.2 Å². The van der Waals surface area contributed by atoms with E-state index in [1.807, 2.05) is 12.1 Å². The predicted octanol–water partition coefficient (Wildman–Crippen LogP) is 0.267. The van der Waals surface area contributed by atoms with Gasteiger partial charge in [0, 0.05) is 45.3 Å². The molecule has 0 bridgehead atoms. The van der Waals surface area contributed by atoms with Crippen LogP contribution in [0.5, 0.6) is 0 Å². The Labute approximate surface area is 131 Å². The summed E-state index contributed by atoms with van der Waals surface area (Å²) >= 11 is 0. The molecular weight excluding hydrogens is 282 g/mol. The highest BCUT2D eigenvalue weighted by Crippen LogP contribution is 2.13. The van der Waals surface area contributed by atoms with Gasteiger partial charge in [-0.1, -0.05) is 6.07 Å². The molecule has 0 unspecified atom stereocenters. The average molecular weight is 307 g/mol. The van der Waals surface area contributed by atoms with E-state index in [9.17, 15) is 4.79 Å². The van der Waals surface area contributed by atoms with Gasteiger partial charge in [0.15, 0.2) is 0 Å². The molecule has 1 saturated heterocycles. The molecule has 2 heterocycles. The number of carbonyl (C=O) groups is 1. The fourth-order valence-electron chi connectivity index (χ4n) is 2.66. The van der Waals surface area contributed by atoms with Crippen LogP contribution in [0, 0.1) is 5.92 Å². The first kappa shape index (κ1) is 16.9. The highest BCUT2D eigenvalue weighted by atomic mass is 16.5. The van der Waals surface area contributed by atoms with Gasteiger partial charge in [-0.3, -0.25) is 9.69 Å². The van der Waals surface area contributed by atoms with Gasteiger partial charge < -0.3 is 14.7 Å². The van der Waals surface area contributed by atoms with Crippen LogP contribution in [-0.2, 0) is 11.2 Å². The molecule has 1 atom stereocenters. The number of carbonyl (C=O) groups excluding carboxylic acids is 1. The Bertz CT molecular complexity index is 493. The van der Waals surface area contributed by atoms with Crippen LogP contribution >= 0.6 is 0 Å². The molecule has 0 saturated carbocycles. The summed E-state index contributed by atoms with van der Waals surface area (Å²) in [5, 5.41) is 9.10. The lowest BCUT2D eigenvalue weighted by atomic mass is 10.0. The Morgan fingerprint density at radius 3 is 3.05 bits per heavy atom. The lowest BCUT2D eigenvalue weighted by Gasteiger charge is -2.22. The monoisotopic (exact) mass is 307 g/mol. The number of ether oxygens (including phenoxy) is 1. The zero-order valence-corrected chi connectivity index (χ0v) is 13.4. The first-order chi connectivity index (χ1) is 10.6. The van der Waals surface area contributed by atoms with Gasteiger partial charge in [-0.2, -0.15) is 0 Å². The molecule has 0 radical (unpaired) electrons. The summed E-state index contributed by atoms with van der Waals surface area (Å²) in [5.74, 6) is 0.243. The van der Waals surface area contributed by atoms with Crippen LogP contribution < -0.4 is 0 Å². The minimum Gasteiger partial charge on any atom is -0.395 e. The zero-order valence-electron chi connectivity index (χ0n) is 13.4. The number of rotatable bonds is 5. The van der Waals surface area contributed by atoms with Gasteiger partial charge in [0.1, 0.15) is 5.69 Å². The van der Waals surface area contributed by atoms with Crippen molar-refractivity contribution in [2.75, 3.05) is 53.6 Å². The van der Waals surface area contributed by atoms with Crippen molar-refractivity contribution in [2.24, 2.45) is 5.92 Å². The smallest absolute Gasteiger partial charge is 0.271 e. The number of amides is 1. The van der Waals surface area contributed by atoms with E-state index in [4.69, 9.17) is 9.84 Å². The Hall–Kier alpha value is -1.50. The number of hydrogen-bond donors (Lipinski definition) is 1. The maximum absolute atomic E-state index is 12.0. The molecule has 0 aromatic carbocycles. The molecule has 2 rings (SSSR count). The van der Waals surface area contributed by atoms with E-state index in [0.29, 0.717) is 31.4 Å². The van der Waals surface area contributed by atoms with Gasteiger partial charge in [-0.15, -0.1) is 0 Å². The number of aliphatic hydroxyl groups excluding tert-OH is 1. The van der Waals surface area contributed by atoms with E-state index in [0.717, 1.165) is 25.2 Å². The molecule has 1 fully saturated rings. The van der Waals surface area contributed by atoms with Gasteiger partial charge in [0.05, 0.1) is 19.8 Å². The van der Waals surface area contributed by atoms with E-state index in [-0.39, 0.29) is 12.5 Å². The van der Waals surface area contributed by atoms with Crippen molar-refractivity contribution < 1.29 is 14.6 Å². The highest BCUT2D eigenvalue weighted by molar-refractivity contribution is 5.91. The Balaban J connectivity index is 2.02. The minimum absolute atomic E-state index is 0.0825. The Morgan fingerprint density at radius 1 is 1.50 bits per heavy atom. The molecule has 6 heteroatoms. The topological polar surface area (TPSA) is 65.9 Å². The molecule has 1 aliphatic heterocycles. The third-order valence-corrected chi connectivity index (χ3v) is 3.77. The number of pyridine rings is 1. The van der Waals surface area contributed by atoms with Crippen molar-refractivity contribution in [3.05, 3.63) is 29.6 Å². The summed E-state index contributed by atoms with van der Waals surface area (Å²) in [6, 6.07) is 5.57. The molecule has 6 nitrogen and oxygen atoms in total. The van der Waals surface area contributed by atoms with E-state index in [1.54, 1.807) is 20.2 Å². The van der Waals surface area contributed by atoms with Crippen LogP contribution in [-0.4, -0.2) is 79.3 Å². The fourth-order valence-corrected chi connectivity index (χ4v) is 2.66. The summed E-state index contributed by atoms with van der Waals surface area (Å²) in [6.45, 7) is 3.96. The van der Waals surface area contributed by atoms with Crippen molar-refractivity contribution in [3.63, 3.8) is 0 Å². The predicted molar refractivity (Wildman–Crippen MR) is 83.8 cm³/mol. The molecule has 1 amide bonds. The molecule has 122 valence electrons. The largest absolute Gasteiger partial charge is 0.395 e. The lowest BCUT2D eigenvalue weighted by molar-refractivity contribution is 0.0821. The molecule has 1 N–H and O–H groups in total. The second-order valence-corrected chi connectivity index (χ2v) is 5.88. The molecule has 0 aliphatic carbocycles. The van der Waals surface area contributed by atoms with E-state index in [2.05, 4.69) is 9.88 Å². The third kappa shape index (κ3) is 4.76. The maximum atomic E-state index is 12.0. The van der Waals surface area contributed by atoms with Gasteiger partial charge in [0.25, 0.3) is 5.91 Å². The van der Waals surface area contributed by atoms with Crippen LogP contribution in [0.25, 0.3) is 0 Å². The summed E-state index contributed by atoms with van der Waals surface area (Å²) in [4.78, 5) is 20.2. The first-order valence-corrected chi connectivity index (χ1v) is 7.68. The number of nitrogens with zero attached hydrogens (tertiary/aromatic N) is 3. The normalized spacial score (nSPS) is 19.7. The number of aliphatic hydroxyl groups is 1. The molecule has 0 spiro atoms. The van der Waals surface area contributed by atoms with Crippen LogP contribution in [0.2, 0.25) is 0 Å². The van der Waals surface area contributed by atoms with Crippen LogP contribution in [0.1, 0.15) is 16.2 Å². The molecule has 1 aromatic rings. The molecular formula is C16H25N3O3. The second-order valence-electron chi connectivity index (χ2n) is 5.88. The van der Waals surface area contributed by atoms with Gasteiger partial charge >= 0.3 is 0 Å². The highest BCUT2D eigenvalue weighted by Gasteiger charge is 2.20. The van der Waals surface area contributed by atoms with Crippen molar-refractivity contribution in [1.29, 1.82) is 0 Å². The van der Waals surface area contributed by atoms with Crippen molar-refractivity contribution >= 4 is 5.91 Å². The molecule has 1 aromatic heterocycles. The number of aromatic nitrogens is 1.